The molecule has 0 saturated heterocycles. The van der Waals surface area contributed by atoms with Crippen LogP contribution < -0.4 is 5.01 Å². The minimum atomic E-state index is -0.427. The number of hydrogen-bond acceptors (Lipinski definition) is 7. The zero-order valence-corrected chi connectivity index (χ0v) is 10.5. The van der Waals surface area contributed by atoms with Crippen molar-refractivity contribution in [2.75, 3.05) is 18.3 Å². The highest BCUT2D eigenvalue weighted by molar-refractivity contribution is 5.90. The van der Waals surface area contributed by atoms with Crippen LogP contribution in [0, 0.1) is 5.82 Å². The number of fused-ring (bicyclic) bond motifs is 1. The second kappa shape index (κ2) is 4.80. The number of hydrogen-bond donors (Lipinski definition) is 0. The number of carbonyl (C=O) groups is 1. The van der Waals surface area contributed by atoms with Crippen molar-refractivity contribution in [3.63, 3.8) is 0 Å². The predicted octanol–water partition coefficient (Wildman–Crippen LogP) is 1.64. The average molecular weight is 279 g/mol. The number of nitrogens with zero attached hydrogens (tertiary/aromatic N) is 3. The standard InChI is InChI=1S/C12H10FN3O4/c1-7(17)18-5-11-14-16(6-19-11)12-9-4-8(13)2-3-10(9)20-15-12/h2-4H,5-6H2,1H3. The van der Waals surface area contributed by atoms with Gasteiger partial charge in [-0.1, -0.05) is 5.16 Å². The summed E-state index contributed by atoms with van der Waals surface area (Å²) in [4.78, 5) is 10.7. The highest BCUT2D eigenvalue weighted by Crippen LogP contribution is 2.28. The molecular weight excluding hydrogens is 269 g/mol. The number of aromatic nitrogens is 1. The lowest BCUT2D eigenvalue weighted by Crippen LogP contribution is -2.13. The smallest absolute Gasteiger partial charge is 0.303 e. The number of halogens is 1. The van der Waals surface area contributed by atoms with E-state index in [1.54, 1.807) is 0 Å². The van der Waals surface area contributed by atoms with E-state index in [-0.39, 0.29) is 19.2 Å². The second-order valence-electron chi connectivity index (χ2n) is 4.09. The van der Waals surface area contributed by atoms with Crippen LogP contribution in [0.15, 0.2) is 27.8 Å². The first-order chi connectivity index (χ1) is 9.63. The molecule has 1 aromatic heterocycles. The highest BCUT2D eigenvalue weighted by Gasteiger charge is 2.23. The summed E-state index contributed by atoms with van der Waals surface area (Å²) in [6.07, 6.45) is 0. The Labute approximate surface area is 112 Å². The van der Waals surface area contributed by atoms with E-state index in [2.05, 4.69) is 10.3 Å². The monoisotopic (exact) mass is 279 g/mol. The third-order valence-corrected chi connectivity index (χ3v) is 2.64. The maximum atomic E-state index is 13.3. The van der Waals surface area contributed by atoms with Crippen LogP contribution in [0.3, 0.4) is 0 Å². The molecule has 104 valence electrons. The van der Waals surface area contributed by atoms with Gasteiger partial charge in [-0.25, -0.2) is 9.40 Å². The van der Waals surface area contributed by atoms with Crippen molar-refractivity contribution in [3.05, 3.63) is 24.0 Å². The summed E-state index contributed by atoms with van der Waals surface area (Å²) in [6.45, 7) is 1.33. The zero-order valence-electron chi connectivity index (χ0n) is 10.5. The normalized spacial score (nSPS) is 14.3. The molecule has 1 aliphatic heterocycles. The van der Waals surface area contributed by atoms with Crippen LogP contribution in [0.5, 0.6) is 0 Å². The van der Waals surface area contributed by atoms with Gasteiger partial charge in [0.2, 0.25) is 11.7 Å². The lowest BCUT2D eigenvalue weighted by Gasteiger charge is -2.06. The van der Waals surface area contributed by atoms with Crippen LogP contribution in [0.25, 0.3) is 11.0 Å². The SMILES string of the molecule is CC(=O)OCC1=NN(c2noc3ccc(F)cc23)CO1. The van der Waals surface area contributed by atoms with Gasteiger partial charge in [-0.05, 0) is 18.2 Å². The number of hydrazone groups is 1. The Morgan fingerprint density at radius 3 is 3.20 bits per heavy atom. The molecule has 20 heavy (non-hydrogen) atoms. The van der Waals surface area contributed by atoms with Crippen molar-refractivity contribution in [1.82, 2.24) is 5.16 Å². The van der Waals surface area contributed by atoms with Gasteiger partial charge in [0.05, 0.1) is 5.39 Å². The summed E-state index contributed by atoms with van der Waals surface area (Å²) < 4.78 is 28.4. The highest BCUT2D eigenvalue weighted by atomic mass is 19.1. The Morgan fingerprint density at radius 2 is 2.40 bits per heavy atom. The maximum absolute atomic E-state index is 13.3. The van der Waals surface area contributed by atoms with E-state index < -0.39 is 11.8 Å². The molecule has 0 unspecified atom stereocenters. The third-order valence-electron chi connectivity index (χ3n) is 2.64. The molecule has 0 aliphatic carbocycles. The quantitative estimate of drug-likeness (QED) is 0.795. The topological polar surface area (TPSA) is 77.2 Å². The number of carbonyl (C=O) groups excluding carboxylic acids is 1. The van der Waals surface area contributed by atoms with Crippen molar-refractivity contribution in [1.29, 1.82) is 0 Å². The molecule has 3 rings (SSSR count). The van der Waals surface area contributed by atoms with Crippen molar-refractivity contribution in [2.45, 2.75) is 6.92 Å². The number of benzene rings is 1. The Hall–Kier alpha value is -2.64. The maximum Gasteiger partial charge on any atom is 0.303 e. The fourth-order valence-electron chi connectivity index (χ4n) is 1.75. The summed E-state index contributed by atoms with van der Waals surface area (Å²) in [5.74, 6) is -0.236. The van der Waals surface area contributed by atoms with E-state index in [4.69, 9.17) is 14.0 Å². The Bertz CT molecular complexity index is 697. The van der Waals surface area contributed by atoms with Crippen LogP contribution in [0.4, 0.5) is 10.2 Å². The summed E-state index contributed by atoms with van der Waals surface area (Å²) in [7, 11) is 0. The van der Waals surface area contributed by atoms with Gasteiger partial charge in [0, 0.05) is 6.92 Å². The lowest BCUT2D eigenvalue weighted by atomic mass is 10.2. The first-order valence-corrected chi connectivity index (χ1v) is 5.79. The summed E-state index contributed by atoms with van der Waals surface area (Å²) in [5, 5.41) is 9.82. The van der Waals surface area contributed by atoms with Crippen LogP contribution in [-0.2, 0) is 14.3 Å². The van der Waals surface area contributed by atoms with Crippen molar-refractivity contribution < 1.29 is 23.2 Å². The zero-order chi connectivity index (χ0) is 14.1. The number of esters is 1. The van der Waals surface area contributed by atoms with E-state index in [0.717, 1.165) is 0 Å². The average Bonchev–Trinajstić information content (AvgIpc) is 3.01. The van der Waals surface area contributed by atoms with E-state index in [0.29, 0.717) is 16.8 Å². The van der Waals surface area contributed by atoms with Crippen molar-refractivity contribution >= 4 is 28.7 Å². The largest absolute Gasteiger partial charge is 0.456 e. The minimum Gasteiger partial charge on any atom is -0.456 e. The van der Waals surface area contributed by atoms with E-state index in [1.807, 2.05) is 0 Å². The molecule has 1 aliphatic rings. The van der Waals surface area contributed by atoms with Gasteiger partial charge in [0.15, 0.2) is 18.9 Å². The van der Waals surface area contributed by atoms with Gasteiger partial charge in [-0.15, -0.1) is 5.10 Å². The fraction of sp³-hybridized carbons (Fsp3) is 0.250. The lowest BCUT2D eigenvalue weighted by molar-refractivity contribution is -0.139. The van der Waals surface area contributed by atoms with Gasteiger partial charge < -0.3 is 14.0 Å². The molecule has 0 spiro atoms. The third kappa shape index (κ3) is 2.27. The van der Waals surface area contributed by atoms with Crippen LogP contribution in [0.1, 0.15) is 6.92 Å². The molecule has 0 radical (unpaired) electrons. The van der Waals surface area contributed by atoms with Crippen molar-refractivity contribution in [3.8, 4) is 0 Å². The van der Waals surface area contributed by atoms with Crippen LogP contribution in [0.2, 0.25) is 0 Å². The summed E-state index contributed by atoms with van der Waals surface area (Å²) >= 11 is 0. The van der Waals surface area contributed by atoms with Crippen LogP contribution in [-0.4, -0.2) is 30.4 Å². The molecule has 7 nitrogen and oxygen atoms in total. The molecule has 1 aromatic carbocycles. The number of anilines is 1. The molecule has 0 atom stereocenters. The van der Waals surface area contributed by atoms with Gasteiger partial charge in [0.1, 0.15) is 5.82 Å². The summed E-state index contributed by atoms with van der Waals surface area (Å²) in [5.41, 5.74) is 0.449. The molecule has 2 aromatic rings. The van der Waals surface area contributed by atoms with Gasteiger partial charge in [-0.3, -0.25) is 4.79 Å². The van der Waals surface area contributed by atoms with Gasteiger partial charge in [-0.2, -0.15) is 0 Å². The Balaban J connectivity index is 1.85. The summed E-state index contributed by atoms with van der Waals surface area (Å²) in [6, 6.07) is 4.08. The Morgan fingerprint density at radius 1 is 1.55 bits per heavy atom. The van der Waals surface area contributed by atoms with E-state index in [1.165, 1.54) is 30.1 Å². The van der Waals surface area contributed by atoms with Gasteiger partial charge in [0.25, 0.3) is 0 Å². The molecule has 0 amide bonds. The molecule has 8 heteroatoms. The fourth-order valence-corrected chi connectivity index (χ4v) is 1.75. The van der Waals surface area contributed by atoms with Gasteiger partial charge >= 0.3 is 5.97 Å². The van der Waals surface area contributed by atoms with E-state index >= 15 is 0 Å². The first-order valence-electron chi connectivity index (χ1n) is 5.79. The molecule has 2 heterocycles. The number of rotatable bonds is 3. The van der Waals surface area contributed by atoms with E-state index in [9.17, 15) is 9.18 Å². The van der Waals surface area contributed by atoms with Crippen LogP contribution >= 0.6 is 0 Å². The molecule has 0 saturated carbocycles. The number of ether oxygens (including phenoxy) is 2. The van der Waals surface area contributed by atoms with Crippen molar-refractivity contribution in [2.24, 2.45) is 5.10 Å². The molecule has 0 N–H and O–H groups in total. The Kier molecular flexibility index (Phi) is 2.97. The molecule has 0 fully saturated rings. The second-order valence-corrected chi connectivity index (χ2v) is 4.09. The molecule has 0 bridgehead atoms. The minimum absolute atomic E-state index is 0.0595. The molecular formula is C12H10FN3O4. The first kappa shape index (κ1) is 12.4. The predicted molar refractivity (Wildman–Crippen MR) is 66.5 cm³/mol.